The minimum absolute atomic E-state index is 0.0467. The van der Waals surface area contributed by atoms with Gasteiger partial charge in [-0.25, -0.2) is 14.5 Å². The van der Waals surface area contributed by atoms with Crippen LogP contribution in [0.1, 0.15) is 30.5 Å². The lowest BCUT2D eigenvalue weighted by molar-refractivity contribution is -0.144. The normalized spacial score (nSPS) is 11.6. The fourth-order valence-corrected chi connectivity index (χ4v) is 2.47. The van der Waals surface area contributed by atoms with E-state index in [4.69, 9.17) is 4.74 Å². The van der Waals surface area contributed by atoms with Crippen LogP contribution >= 0.6 is 0 Å². The fraction of sp³-hybridized carbons (Fsp3) is 0.263. The number of hydrogen-bond acceptors (Lipinski definition) is 3. The Labute approximate surface area is 166 Å². The molecule has 0 saturated carbocycles. The number of halogens is 6. The lowest BCUT2D eigenvalue weighted by atomic mass is 10.1. The number of ether oxygens (including phenoxy) is 1. The highest BCUT2D eigenvalue weighted by Crippen LogP contribution is 2.43. The third kappa shape index (κ3) is 5.22. The van der Waals surface area contributed by atoms with Crippen molar-refractivity contribution in [2.75, 3.05) is 0 Å². The second kappa shape index (κ2) is 9.06. The Morgan fingerprint density at radius 2 is 1.63 bits per heavy atom. The zero-order valence-electron chi connectivity index (χ0n) is 15.8. The van der Waals surface area contributed by atoms with Gasteiger partial charge in [0.05, 0.1) is 11.3 Å². The third-order valence-corrected chi connectivity index (χ3v) is 3.74. The number of benzene rings is 2. The molecule has 3 rings (SSSR count). The van der Waals surface area contributed by atoms with Gasteiger partial charge in [-0.05, 0) is 17.7 Å². The van der Waals surface area contributed by atoms with Gasteiger partial charge in [-0.15, -0.1) is 0 Å². The highest BCUT2D eigenvalue weighted by atomic mass is 19.4. The summed E-state index contributed by atoms with van der Waals surface area (Å²) < 4.78 is 85.7. The smallest absolute Gasteiger partial charge is 0.420 e. The predicted octanol–water partition coefficient (Wildman–Crippen LogP) is 5.20. The van der Waals surface area contributed by atoms with Gasteiger partial charge in [0.15, 0.2) is 5.75 Å². The van der Waals surface area contributed by atoms with E-state index in [1.165, 1.54) is 0 Å². The SMILES string of the molecule is CC.O=c1[nH]ncn1-c1cc(C(F)(F)F)cc(C(F)(F)F)c1OCc1ccccc1. The Kier molecular flexibility index (Phi) is 6.96. The van der Waals surface area contributed by atoms with Gasteiger partial charge in [-0.2, -0.15) is 31.4 Å². The van der Waals surface area contributed by atoms with E-state index in [1.54, 1.807) is 30.3 Å². The molecular weight excluding hydrogens is 416 g/mol. The molecule has 1 heterocycles. The van der Waals surface area contributed by atoms with E-state index in [0.29, 0.717) is 16.2 Å². The molecular formula is C19H17F6N3O2. The second-order valence-electron chi connectivity index (χ2n) is 5.67. The average Bonchev–Trinajstić information content (AvgIpc) is 3.12. The van der Waals surface area contributed by atoms with Crippen molar-refractivity contribution < 1.29 is 31.1 Å². The molecule has 0 saturated heterocycles. The van der Waals surface area contributed by atoms with Crippen molar-refractivity contribution >= 4 is 0 Å². The second-order valence-corrected chi connectivity index (χ2v) is 5.67. The molecule has 0 radical (unpaired) electrons. The highest BCUT2D eigenvalue weighted by molar-refractivity contribution is 5.56. The van der Waals surface area contributed by atoms with Gasteiger partial charge in [-0.3, -0.25) is 0 Å². The van der Waals surface area contributed by atoms with Crippen molar-refractivity contribution in [2.24, 2.45) is 0 Å². The lowest BCUT2D eigenvalue weighted by Gasteiger charge is -2.20. The van der Waals surface area contributed by atoms with Crippen LogP contribution in [0.3, 0.4) is 0 Å². The quantitative estimate of drug-likeness (QED) is 0.575. The van der Waals surface area contributed by atoms with Gasteiger partial charge < -0.3 is 4.74 Å². The topological polar surface area (TPSA) is 59.9 Å². The van der Waals surface area contributed by atoms with E-state index >= 15 is 0 Å². The highest BCUT2D eigenvalue weighted by Gasteiger charge is 2.41. The molecule has 0 aliphatic carbocycles. The molecule has 0 amide bonds. The summed E-state index contributed by atoms with van der Waals surface area (Å²) in [6, 6.07) is 8.43. The molecule has 30 heavy (non-hydrogen) atoms. The molecule has 1 aromatic heterocycles. The summed E-state index contributed by atoms with van der Waals surface area (Å²) in [6.07, 6.45) is -9.46. The van der Waals surface area contributed by atoms with Gasteiger partial charge in [0, 0.05) is 0 Å². The van der Waals surface area contributed by atoms with Crippen molar-refractivity contribution in [3.8, 4) is 11.4 Å². The number of aromatic nitrogens is 3. The Bertz CT molecular complexity index is 1020. The number of hydrogen-bond donors (Lipinski definition) is 1. The minimum atomic E-state index is -5.16. The maximum atomic E-state index is 13.5. The van der Waals surface area contributed by atoms with E-state index in [0.717, 1.165) is 6.33 Å². The summed E-state index contributed by atoms with van der Waals surface area (Å²) in [4.78, 5) is 11.8. The number of alkyl halides is 6. The first-order chi connectivity index (χ1) is 14.1. The maximum absolute atomic E-state index is 13.5. The number of rotatable bonds is 4. The molecule has 0 bridgehead atoms. The lowest BCUT2D eigenvalue weighted by Crippen LogP contribution is -2.20. The Hall–Kier alpha value is -3.24. The van der Waals surface area contributed by atoms with Crippen LogP contribution < -0.4 is 10.4 Å². The van der Waals surface area contributed by atoms with Gasteiger partial charge in [0.1, 0.15) is 18.5 Å². The van der Waals surface area contributed by atoms with Crippen LogP contribution in [0.4, 0.5) is 26.3 Å². The molecule has 0 atom stereocenters. The van der Waals surface area contributed by atoms with Crippen molar-refractivity contribution in [1.29, 1.82) is 0 Å². The zero-order valence-corrected chi connectivity index (χ0v) is 15.8. The molecule has 0 aliphatic rings. The van der Waals surface area contributed by atoms with Crippen LogP contribution in [0, 0.1) is 0 Å². The molecule has 0 aliphatic heterocycles. The first-order valence-corrected chi connectivity index (χ1v) is 8.69. The Morgan fingerprint density at radius 1 is 1.00 bits per heavy atom. The largest absolute Gasteiger partial charge is 0.486 e. The fourth-order valence-electron chi connectivity index (χ4n) is 2.47. The van der Waals surface area contributed by atoms with Crippen molar-refractivity contribution in [3.63, 3.8) is 0 Å². The van der Waals surface area contributed by atoms with Gasteiger partial charge in [0.2, 0.25) is 0 Å². The summed E-state index contributed by atoms with van der Waals surface area (Å²) in [7, 11) is 0. The zero-order chi connectivity index (χ0) is 22.5. The summed E-state index contributed by atoms with van der Waals surface area (Å²) in [6.45, 7) is 3.65. The monoisotopic (exact) mass is 433 g/mol. The molecule has 3 aromatic rings. The predicted molar refractivity (Wildman–Crippen MR) is 96.3 cm³/mol. The number of H-pyrrole nitrogens is 1. The molecule has 2 aromatic carbocycles. The Morgan fingerprint density at radius 3 is 2.13 bits per heavy atom. The van der Waals surface area contributed by atoms with Crippen molar-refractivity contribution in [2.45, 2.75) is 32.8 Å². The summed E-state index contributed by atoms with van der Waals surface area (Å²) in [5.74, 6) is -0.909. The van der Waals surface area contributed by atoms with Crippen LogP contribution in [0.25, 0.3) is 5.69 Å². The summed E-state index contributed by atoms with van der Waals surface area (Å²) >= 11 is 0. The van der Waals surface area contributed by atoms with Crippen molar-refractivity contribution in [1.82, 2.24) is 14.8 Å². The third-order valence-electron chi connectivity index (χ3n) is 3.74. The van der Waals surface area contributed by atoms with E-state index in [-0.39, 0.29) is 12.7 Å². The number of aromatic amines is 1. The van der Waals surface area contributed by atoms with E-state index in [1.807, 2.05) is 18.9 Å². The maximum Gasteiger partial charge on any atom is 0.420 e. The summed E-state index contributed by atoms with van der Waals surface area (Å²) in [5.41, 5.74) is -4.48. The molecule has 0 spiro atoms. The van der Waals surface area contributed by atoms with Crippen LogP contribution in [-0.2, 0) is 19.0 Å². The Balaban J connectivity index is 0.00000155. The van der Waals surface area contributed by atoms with Crippen LogP contribution in [0.5, 0.6) is 5.75 Å². The molecule has 0 unspecified atom stereocenters. The molecule has 0 fully saturated rings. The molecule has 1 N–H and O–H groups in total. The van der Waals surface area contributed by atoms with E-state index in [9.17, 15) is 31.1 Å². The summed E-state index contributed by atoms with van der Waals surface area (Å²) in [5, 5.41) is 5.27. The van der Waals surface area contributed by atoms with Gasteiger partial charge in [-0.1, -0.05) is 44.2 Å². The molecule has 11 heteroatoms. The number of nitrogens with zero attached hydrogens (tertiary/aromatic N) is 2. The first-order valence-electron chi connectivity index (χ1n) is 8.69. The molecule has 5 nitrogen and oxygen atoms in total. The molecule has 162 valence electrons. The first kappa shape index (κ1) is 23.0. The average molecular weight is 433 g/mol. The standard InChI is InChI=1S/C17H11F6N3O2.C2H6/c18-16(19,20)11-6-12(17(21,22)23)14(28-8-10-4-2-1-3-5-10)13(7-11)26-9-24-25-15(26)27;1-2/h1-7,9H,8H2,(H,25,27);1-2H3. The van der Waals surface area contributed by atoms with Crippen LogP contribution in [0.2, 0.25) is 0 Å². The van der Waals surface area contributed by atoms with Gasteiger partial charge in [0.25, 0.3) is 0 Å². The number of nitrogens with one attached hydrogen (secondary N) is 1. The van der Waals surface area contributed by atoms with E-state index in [2.05, 4.69) is 5.10 Å². The minimum Gasteiger partial charge on any atom is -0.486 e. The van der Waals surface area contributed by atoms with Crippen LogP contribution in [-0.4, -0.2) is 14.8 Å². The van der Waals surface area contributed by atoms with Crippen LogP contribution in [0.15, 0.2) is 53.6 Å². The van der Waals surface area contributed by atoms with E-state index < -0.39 is 40.6 Å². The van der Waals surface area contributed by atoms with Crippen molar-refractivity contribution in [3.05, 3.63) is 76.0 Å². The van der Waals surface area contributed by atoms with Gasteiger partial charge >= 0.3 is 18.0 Å².